The number of carbonyl (C=O) groups excluding carboxylic acids is 1. The van der Waals surface area contributed by atoms with Crippen LogP contribution < -0.4 is 0 Å². The summed E-state index contributed by atoms with van der Waals surface area (Å²) in [6.45, 7) is 7.62. The van der Waals surface area contributed by atoms with E-state index in [4.69, 9.17) is 12.2 Å². The van der Waals surface area contributed by atoms with Gasteiger partial charge in [-0.15, -0.1) is 0 Å². The summed E-state index contributed by atoms with van der Waals surface area (Å²) in [6.07, 6.45) is 0. The molecular formula is C9H17NO2S2. The Morgan fingerprint density at radius 1 is 1.50 bits per heavy atom. The second-order valence-corrected chi connectivity index (χ2v) is 4.70. The van der Waals surface area contributed by atoms with Crippen LogP contribution in [0.4, 0.5) is 0 Å². The minimum atomic E-state index is -0.232. The first-order valence-electron chi connectivity index (χ1n) is 4.60. The normalized spacial score (nSPS) is 12.0. The lowest BCUT2D eigenvalue weighted by Gasteiger charge is -2.22. The van der Waals surface area contributed by atoms with E-state index in [9.17, 15) is 4.79 Å². The van der Waals surface area contributed by atoms with E-state index in [0.717, 1.165) is 17.4 Å². The Balaban J connectivity index is 4.10. The van der Waals surface area contributed by atoms with Gasteiger partial charge in [-0.3, -0.25) is 4.79 Å². The molecule has 0 bridgehead atoms. The van der Waals surface area contributed by atoms with Crippen molar-refractivity contribution >= 4 is 34.3 Å². The third kappa shape index (κ3) is 4.28. The monoisotopic (exact) mass is 235 g/mol. The first kappa shape index (κ1) is 13.7. The van der Waals surface area contributed by atoms with Crippen molar-refractivity contribution in [2.24, 2.45) is 0 Å². The SMILES string of the molecule is CCN(CC)C(=S)SC(C)C(=O)OC. The van der Waals surface area contributed by atoms with Gasteiger partial charge in [-0.1, -0.05) is 24.0 Å². The maximum atomic E-state index is 11.1. The average molecular weight is 235 g/mol. The quantitative estimate of drug-likeness (QED) is 0.548. The second-order valence-electron chi connectivity index (χ2n) is 2.72. The first-order chi connectivity index (χ1) is 6.56. The number of thiocarbonyl (C=S) groups is 1. The minimum Gasteiger partial charge on any atom is -0.468 e. The molecule has 1 unspecified atom stereocenters. The van der Waals surface area contributed by atoms with Crippen molar-refractivity contribution in [3.8, 4) is 0 Å². The number of hydrogen-bond acceptors (Lipinski definition) is 4. The van der Waals surface area contributed by atoms with E-state index in [2.05, 4.69) is 4.74 Å². The fourth-order valence-electron chi connectivity index (χ4n) is 0.922. The zero-order chi connectivity index (χ0) is 11.1. The summed E-state index contributed by atoms with van der Waals surface area (Å²) in [5, 5.41) is -0.229. The molecule has 0 saturated carbocycles. The maximum absolute atomic E-state index is 11.1. The Morgan fingerprint density at radius 2 is 2.00 bits per heavy atom. The van der Waals surface area contributed by atoms with Gasteiger partial charge in [0.1, 0.15) is 9.57 Å². The molecule has 14 heavy (non-hydrogen) atoms. The highest BCUT2D eigenvalue weighted by Gasteiger charge is 2.18. The molecule has 1 atom stereocenters. The van der Waals surface area contributed by atoms with Gasteiger partial charge in [0, 0.05) is 13.1 Å². The molecule has 0 saturated heterocycles. The number of thioether (sulfide) groups is 1. The highest BCUT2D eigenvalue weighted by Crippen LogP contribution is 2.16. The van der Waals surface area contributed by atoms with Crippen molar-refractivity contribution in [2.45, 2.75) is 26.0 Å². The number of rotatable bonds is 4. The van der Waals surface area contributed by atoms with Gasteiger partial charge in [0.25, 0.3) is 0 Å². The summed E-state index contributed by atoms with van der Waals surface area (Å²) < 4.78 is 5.38. The molecule has 0 radical (unpaired) electrons. The van der Waals surface area contributed by atoms with Crippen molar-refractivity contribution in [1.82, 2.24) is 4.90 Å². The molecule has 3 nitrogen and oxygen atoms in total. The molecule has 82 valence electrons. The summed E-state index contributed by atoms with van der Waals surface area (Å²) in [7, 11) is 1.39. The zero-order valence-corrected chi connectivity index (χ0v) is 10.7. The molecule has 0 rings (SSSR count). The fraction of sp³-hybridized carbons (Fsp3) is 0.778. The molecule has 0 aromatic carbocycles. The highest BCUT2D eigenvalue weighted by molar-refractivity contribution is 8.23. The Kier molecular flexibility index (Phi) is 6.92. The smallest absolute Gasteiger partial charge is 0.318 e. The van der Waals surface area contributed by atoms with Crippen LogP contribution in [-0.2, 0) is 9.53 Å². The van der Waals surface area contributed by atoms with Crippen LogP contribution in [-0.4, -0.2) is 40.6 Å². The third-order valence-electron chi connectivity index (χ3n) is 1.83. The summed E-state index contributed by atoms with van der Waals surface area (Å²) >= 11 is 6.57. The molecule has 0 spiro atoms. The highest BCUT2D eigenvalue weighted by atomic mass is 32.2. The molecule has 0 fully saturated rings. The predicted molar refractivity (Wildman–Crippen MR) is 64.6 cm³/mol. The minimum absolute atomic E-state index is 0.229. The second kappa shape index (κ2) is 7.06. The van der Waals surface area contributed by atoms with Crippen molar-refractivity contribution in [3.63, 3.8) is 0 Å². The molecule has 0 N–H and O–H groups in total. The number of hydrogen-bond donors (Lipinski definition) is 0. The van der Waals surface area contributed by atoms with E-state index in [0.29, 0.717) is 0 Å². The van der Waals surface area contributed by atoms with Gasteiger partial charge in [-0.25, -0.2) is 0 Å². The lowest BCUT2D eigenvalue weighted by atomic mass is 10.5. The predicted octanol–water partition coefficient (Wildman–Crippen LogP) is 1.91. The molecule has 0 amide bonds. The van der Waals surface area contributed by atoms with Crippen LogP contribution in [0.15, 0.2) is 0 Å². The average Bonchev–Trinajstić information content (AvgIpc) is 2.18. The molecule has 5 heteroatoms. The Labute approximate surface area is 95.2 Å². The topological polar surface area (TPSA) is 29.5 Å². The van der Waals surface area contributed by atoms with Crippen molar-refractivity contribution in [2.75, 3.05) is 20.2 Å². The van der Waals surface area contributed by atoms with Crippen LogP contribution in [0, 0.1) is 0 Å². The van der Waals surface area contributed by atoms with Gasteiger partial charge in [-0.2, -0.15) is 0 Å². The van der Waals surface area contributed by atoms with Gasteiger partial charge >= 0.3 is 5.97 Å². The number of carbonyl (C=O) groups is 1. The number of methoxy groups -OCH3 is 1. The van der Waals surface area contributed by atoms with E-state index in [1.807, 2.05) is 18.7 Å². The lowest BCUT2D eigenvalue weighted by molar-refractivity contribution is -0.139. The van der Waals surface area contributed by atoms with Crippen molar-refractivity contribution < 1.29 is 9.53 Å². The van der Waals surface area contributed by atoms with Crippen LogP contribution in [0.5, 0.6) is 0 Å². The molecule has 0 aliphatic rings. The van der Waals surface area contributed by atoms with Crippen LogP contribution in [0.2, 0.25) is 0 Å². The zero-order valence-electron chi connectivity index (χ0n) is 9.07. The van der Waals surface area contributed by atoms with Crippen LogP contribution in [0.3, 0.4) is 0 Å². The number of esters is 1. The molecule has 0 aromatic heterocycles. The van der Waals surface area contributed by atoms with Crippen LogP contribution in [0.25, 0.3) is 0 Å². The largest absolute Gasteiger partial charge is 0.468 e. The summed E-state index contributed by atoms with van der Waals surface area (Å²) in [6, 6.07) is 0. The lowest BCUT2D eigenvalue weighted by Crippen LogP contribution is -2.29. The Hall–Kier alpha value is -0.290. The van der Waals surface area contributed by atoms with Gasteiger partial charge in [0.05, 0.1) is 7.11 Å². The van der Waals surface area contributed by atoms with E-state index in [-0.39, 0.29) is 11.2 Å². The van der Waals surface area contributed by atoms with Gasteiger partial charge in [0.15, 0.2) is 0 Å². The number of ether oxygens (including phenoxy) is 1. The number of nitrogens with zero attached hydrogens (tertiary/aromatic N) is 1. The molecule has 0 heterocycles. The van der Waals surface area contributed by atoms with Gasteiger partial charge in [-0.05, 0) is 20.8 Å². The summed E-state index contributed by atoms with van der Waals surface area (Å²) in [5.74, 6) is -0.232. The van der Waals surface area contributed by atoms with E-state index < -0.39 is 0 Å². The maximum Gasteiger partial charge on any atom is 0.318 e. The molecule has 0 aliphatic carbocycles. The molecule has 0 aromatic rings. The summed E-state index contributed by atoms with van der Waals surface area (Å²) in [4.78, 5) is 13.2. The third-order valence-corrected chi connectivity index (χ3v) is 3.39. The fourth-order valence-corrected chi connectivity index (χ4v) is 2.52. The Morgan fingerprint density at radius 3 is 2.36 bits per heavy atom. The first-order valence-corrected chi connectivity index (χ1v) is 5.88. The van der Waals surface area contributed by atoms with Gasteiger partial charge in [0.2, 0.25) is 0 Å². The van der Waals surface area contributed by atoms with Gasteiger partial charge < -0.3 is 9.64 Å². The summed E-state index contributed by atoms with van der Waals surface area (Å²) in [5.41, 5.74) is 0. The van der Waals surface area contributed by atoms with E-state index in [1.165, 1.54) is 18.9 Å². The van der Waals surface area contributed by atoms with E-state index >= 15 is 0 Å². The van der Waals surface area contributed by atoms with E-state index in [1.54, 1.807) is 6.92 Å². The molecule has 0 aliphatic heterocycles. The Bertz CT molecular complexity index is 205. The van der Waals surface area contributed by atoms with Crippen molar-refractivity contribution in [3.05, 3.63) is 0 Å². The van der Waals surface area contributed by atoms with Crippen molar-refractivity contribution in [1.29, 1.82) is 0 Å². The standard InChI is InChI=1S/C9H17NO2S2/c1-5-10(6-2)9(13)14-7(3)8(11)12-4/h7H,5-6H2,1-4H3. The molecular weight excluding hydrogens is 218 g/mol. The van der Waals surface area contributed by atoms with Crippen LogP contribution in [0.1, 0.15) is 20.8 Å². The van der Waals surface area contributed by atoms with Crippen LogP contribution >= 0.6 is 24.0 Å².